The van der Waals surface area contributed by atoms with Crippen LogP contribution < -0.4 is 4.74 Å². The van der Waals surface area contributed by atoms with Gasteiger partial charge in [-0.05, 0) is 18.2 Å². The van der Waals surface area contributed by atoms with E-state index in [1.807, 2.05) is 0 Å². The summed E-state index contributed by atoms with van der Waals surface area (Å²) in [6, 6.07) is 14.0. The Morgan fingerprint density at radius 1 is 1.17 bits per heavy atom. The quantitative estimate of drug-likeness (QED) is 0.330. The zero-order valence-electron chi connectivity index (χ0n) is 13.3. The maximum Gasteiger partial charge on any atom is 0.338 e. The van der Waals surface area contributed by atoms with Crippen molar-refractivity contribution in [2.24, 2.45) is 0 Å². The molecule has 0 fully saturated rings. The largest absolute Gasteiger partial charge is 0.496 e. The normalized spacial score (nSPS) is 11.6. The first-order valence-electron chi connectivity index (χ1n) is 7.15. The van der Waals surface area contributed by atoms with Crippen LogP contribution in [0.15, 0.2) is 53.4 Å². The van der Waals surface area contributed by atoms with Crippen molar-refractivity contribution in [2.45, 2.75) is 10.1 Å². The van der Waals surface area contributed by atoms with Gasteiger partial charge in [0, 0.05) is 15.4 Å². The molecule has 0 saturated carbocycles. The van der Waals surface area contributed by atoms with E-state index in [0.29, 0.717) is 21.8 Å². The third-order valence-corrected chi connectivity index (χ3v) is 4.66. The van der Waals surface area contributed by atoms with Gasteiger partial charge in [-0.1, -0.05) is 30.3 Å². The van der Waals surface area contributed by atoms with Crippen LogP contribution in [0.4, 0.5) is 0 Å². The molecular formula is C17H17NO5S. The Morgan fingerprint density at radius 2 is 1.83 bits per heavy atom. The maximum absolute atomic E-state index is 11.9. The number of hydrogen-bond acceptors (Lipinski definition) is 6. The highest BCUT2D eigenvalue weighted by molar-refractivity contribution is 7.99. The van der Waals surface area contributed by atoms with Crippen LogP contribution in [-0.2, 0) is 4.74 Å². The van der Waals surface area contributed by atoms with E-state index >= 15 is 0 Å². The summed E-state index contributed by atoms with van der Waals surface area (Å²) in [5.41, 5.74) is 1.09. The lowest BCUT2D eigenvalue weighted by Crippen LogP contribution is -2.12. The van der Waals surface area contributed by atoms with Crippen molar-refractivity contribution >= 4 is 17.7 Å². The minimum absolute atomic E-state index is 0.291. The van der Waals surface area contributed by atoms with Crippen molar-refractivity contribution in [3.05, 3.63) is 69.8 Å². The summed E-state index contributed by atoms with van der Waals surface area (Å²) in [6.07, 6.45) is 0. The Kier molecular flexibility index (Phi) is 6.20. The molecule has 2 rings (SSSR count). The number of nitro groups is 1. The lowest BCUT2D eigenvalue weighted by atomic mass is 10.1. The number of benzene rings is 2. The standard InChI is InChI=1S/C17H17NO5S/c1-22-14-9-5-3-7-12(14)16(11-18(20)21)24-15-10-6-4-8-13(15)17(19)23-2/h3-10,16H,11H2,1-2H3. The molecule has 6 nitrogen and oxygen atoms in total. The van der Waals surface area contributed by atoms with E-state index in [4.69, 9.17) is 9.47 Å². The summed E-state index contributed by atoms with van der Waals surface area (Å²) in [4.78, 5) is 23.3. The van der Waals surface area contributed by atoms with Gasteiger partial charge in [0.15, 0.2) is 0 Å². The maximum atomic E-state index is 11.9. The Hall–Kier alpha value is -2.54. The molecule has 0 aliphatic rings. The van der Waals surface area contributed by atoms with Crippen LogP contribution in [0.25, 0.3) is 0 Å². The summed E-state index contributed by atoms with van der Waals surface area (Å²) in [7, 11) is 2.83. The first kappa shape index (κ1) is 17.8. The minimum atomic E-state index is -0.498. The van der Waals surface area contributed by atoms with Gasteiger partial charge in [0.2, 0.25) is 6.54 Å². The number of carbonyl (C=O) groups is 1. The third-order valence-electron chi connectivity index (χ3n) is 3.36. The van der Waals surface area contributed by atoms with Gasteiger partial charge < -0.3 is 9.47 Å². The van der Waals surface area contributed by atoms with Gasteiger partial charge >= 0.3 is 5.97 Å². The molecule has 0 bridgehead atoms. The Morgan fingerprint density at radius 3 is 2.50 bits per heavy atom. The van der Waals surface area contributed by atoms with Gasteiger partial charge in [-0.15, -0.1) is 11.8 Å². The van der Waals surface area contributed by atoms with E-state index < -0.39 is 11.2 Å². The molecule has 0 radical (unpaired) electrons. The summed E-state index contributed by atoms with van der Waals surface area (Å²) in [6.45, 7) is -0.291. The highest BCUT2D eigenvalue weighted by Gasteiger charge is 2.25. The second-order valence-corrected chi connectivity index (χ2v) is 6.10. The molecule has 0 aliphatic heterocycles. The lowest BCUT2D eigenvalue weighted by Gasteiger charge is -2.17. The number of carbonyl (C=O) groups excluding carboxylic acids is 1. The highest BCUT2D eigenvalue weighted by atomic mass is 32.2. The first-order valence-corrected chi connectivity index (χ1v) is 8.03. The molecule has 1 atom stereocenters. The van der Waals surface area contributed by atoms with E-state index in [1.54, 1.807) is 48.5 Å². The number of esters is 1. The van der Waals surface area contributed by atoms with Crippen molar-refractivity contribution in [2.75, 3.05) is 20.8 Å². The zero-order chi connectivity index (χ0) is 17.5. The summed E-state index contributed by atoms with van der Waals surface area (Å²) >= 11 is 1.25. The van der Waals surface area contributed by atoms with Gasteiger partial charge in [-0.3, -0.25) is 10.1 Å². The van der Waals surface area contributed by atoms with Crippen molar-refractivity contribution in [1.29, 1.82) is 0 Å². The fraction of sp³-hybridized carbons (Fsp3) is 0.235. The molecule has 126 valence electrons. The molecule has 2 aromatic carbocycles. The SMILES string of the molecule is COC(=O)c1ccccc1SC(C[N+](=O)[O-])c1ccccc1OC. The summed E-state index contributed by atoms with van der Waals surface area (Å²) in [5, 5.41) is 10.6. The van der Waals surface area contributed by atoms with Crippen LogP contribution in [0.5, 0.6) is 5.75 Å². The summed E-state index contributed by atoms with van der Waals surface area (Å²) < 4.78 is 10.1. The molecule has 0 spiro atoms. The Bertz CT molecular complexity index is 734. The monoisotopic (exact) mass is 347 g/mol. The van der Waals surface area contributed by atoms with Gasteiger partial charge in [0.25, 0.3) is 0 Å². The molecule has 0 saturated heterocycles. The zero-order valence-corrected chi connectivity index (χ0v) is 14.1. The van der Waals surface area contributed by atoms with Gasteiger partial charge in [0.1, 0.15) is 11.0 Å². The number of hydrogen-bond donors (Lipinski definition) is 0. The van der Waals surface area contributed by atoms with Crippen LogP contribution in [-0.4, -0.2) is 31.7 Å². The number of ether oxygens (including phenoxy) is 2. The van der Waals surface area contributed by atoms with Crippen molar-refractivity contribution in [3.8, 4) is 5.75 Å². The molecular weight excluding hydrogens is 330 g/mol. The van der Waals surface area contributed by atoms with Crippen LogP contribution >= 0.6 is 11.8 Å². The van der Waals surface area contributed by atoms with Gasteiger partial charge in [0.05, 0.1) is 19.8 Å². The van der Waals surface area contributed by atoms with Crippen molar-refractivity contribution < 1.29 is 19.2 Å². The predicted octanol–water partition coefficient (Wildman–Crippen LogP) is 3.59. The lowest BCUT2D eigenvalue weighted by molar-refractivity contribution is -0.479. The van der Waals surface area contributed by atoms with Crippen molar-refractivity contribution in [1.82, 2.24) is 0 Å². The predicted molar refractivity (Wildman–Crippen MR) is 91.2 cm³/mol. The van der Waals surface area contributed by atoms with E-state index in [1.165, 1.54) is 26.0 Å². The van der Waals surface area contributed by atoms with Crippen molar-refractivity contribution in [3.63, 3.8) is 0 Å². The molecule has 0 N–H and O–H groups in total. The van der Waals surface area contributed by atoms with Crippen LogP contribution in [0.3, 0.4) is 0 Å². The van der Waals surface area contributed by atoms with Crippen LogP contribution in [0.2, 0.25) is 0 Å². The van der Waals surface area contributed by atoms with Crippen LogP contribution in [0, 0.1) is 10.1 Å². The topological polar surface area (TPSA) is 78.7 Å². The number of rotatable bonds is 7. The molecule has 0 amide bonds. The minimum Gasteiger partial charge on any atom is -0.496 e. The molecule has 24 heavy (non-hydrogen) atoms. The van der Waals surface area contributed by atoms with E-state index in [9.17, 15) is 14.9 Å². The fourth-order valence-corrected chi connectivity index (χ4v) is 3.53. The molecule has 2 aromatic rings. The molecule has 0 aliphatic carbocycles. The van der Waals surface area contributed by atoms with E-state index in [2.05, 4.69) is 0 Å². The number of methoxy groups -OCH3 is 2. The third kappa shape index (κ3) is 4.26. The van der Waals surface area contributed by atoms with E-state index in [0.717, 1.165) is 0 Å². The second-order valence-electron chi connectivity index (χ2n) is 4.85. The smallest absolute Gasteiger partial charge is 0.338 e. The average Bonchev–Trinajstić information content (AvgIpc) is 2.60. The highest BCUT2D eigenvalue weighted by Crippen LogP contribution is 2.40. The first-order chi connectivity index (χ1) is 11.6. The van der Waals surface area contributed by atoms with E-state index in [-0.39, 0.29) is 11.5 Å². The van der Waals surface area contributed by atoms with Gasteiger partial charge in [-0.2, -0.15) is 0 Å². The summed E-state index contributed by atoms with van der Waals surface area (Å²) in [5.74, 6) is 0.102. The average molecular weight is 347 g/mol. The van der Waals surface area contributed by atoms with Gasteiger partial charge in [-0.25, -0.2) is 4.79 Å². The number of nitrogens with zero attached hydrogens (tertiary/aromatic N) is 1. The Balaban J connectivity index is 2.41. The molecule has 7 heteroatoms. The molecule has 0 aromatic heterocycles. The number of thioether (sulfide) groups is 1. The fourth-order valence-electron chi connectivity index (χ4n) is 2.27. The molecule has 1 unspecified atom stereocenters. The van der Waals surface area contributed by atoms with Crippen LogP contribution in [0.1, 0.15) is 21.2 Å². The molecule has 0 heterocycles. The second kappa shape index (κ2) is 8.35. The number of para-hydroxylation sites is 1. The Labute approximate surface area is 143 Å².